The van der Waals surface area contributed by atoms with Gasteiger partial charge in [-0.15, -0.1) is 46.7 Å². The third-order valence-corrected chi connectivity index (χ3v) is 6.73. The molecule has 2 aromatic rings. The number of nitrogens with one attached hydrogen (secondary N) is 2. The van der Waals surface area contributed by atoms with E-state index in [4.69, 9.17) is 4.74 Å². The van der Waals surface area contributed by atoms with Crippen LogP contribution in [0.25, 0.3) is 0 Å². The lowest BCUT2D eigenvalue weighted by molar-refractivity contribution is 0.0177. The minimum atomic E-state index is 0. The van der Waals surface area contributed by atoms with Gasteiger partial charge in [-0.3, -0.25) is 9.89 Å². The minimum absolute atomic E-state index is 0. The Bertz CT molecular complexity index is 657. The number of morpholine rings is 1. The van der Waals surface area contributed by atoms with Gasteiger partial charge in [-0.05, 0) is 22.9 Å². The van der Waals surface area contributed by atoms with Crippen LogP contribution in [0, 0.1) is 0 Å². The second-order valence-corrected chi connectivity index (χ2v) is 8.39. The molecule has 8 heteroatoms. The van der Waals surface area contributed by atoms with Crippen molar-refractivity contribution >= 4 is 52.6 Å². The van der Waals surface area contributed by atoms with Crippen LogP contribution in [-0.4, -0.2) is 57.3 Å². The van der Waals surface area contributed by atoms with Crippen molar-refractivity contribution in [2.75, 3.05) is 46.4 Å². The van der Waals surface area contributed by atoms with Crippen molar-refractivity contribution in [3.8, 4) is 0 Å². The summed E-state index contributed by atoms with van der Waals surface area (Å²) < 4.78 is 5.52. The second-order valence-electron chi connectivity index (χ2n) is 6.43. The van der Waals surface area contributed by atoms with Gasteiger partial charge in [-0.2, -0.15) is 0 Å². The summed E-state index contributed by atoms with van der Waals surface area (Å²) in [5.41, 5.74) is 0. The molecule has 1 aliphatic rings. The molecule has 3 rings (SSSR count). The molecule has 2 atom stereocenters. The molecular formula is C19H29IN4OS2. The molecule has 27 heavy (non-hydrogen) atoms. The molecule has 1 saturated heterocycles. The summed E-state index contributed by atoms with van der Waals surface area (Å²) in [6.45, 7) is 7.54. The van der Waals surface area contributed by atoms with Gasteiger partial charge in [0.25, 0.3) is 0 Å². The highest BCUT2D eigenvalue weighted by Crippen LogP contribution is 2.25. The lowest BCUT2D eigenvalue weighted by Crippen LogP contribution is -2.46. The van der Waals surface area contributed by atoms with Crippen molar-refractivity contribution in [1.82, 2.24) is 15.5 Å². The largest absolute Gasteiger partial charge is 0.379 e. The molecule has 1 aliphatic heterocycles. The molecule has 150 valence electrons. The zero-order chi connectivity index (χ0) is 18.2. The first-order valence-corrected chi connectivity index (χ1v) is 10.9. The van der Waals surface area contributed by atoms with Gasteiger partial charge >= 0.3 is 0 Å². The van der Waals surface area contributed by atoms with Gasteiger partial charge in [-0.25, -0.2) is 0 Å². The fourth-order valence-electron chi connectivity index (χ4n) is 3.12. The van der Waals surface area contributed by atoms with Crippen LogP contribution in [0.15, 0.2) is 40.0 Å². The van der Waals surface area contributed by atoms with E-state index in [0.29, 0.717) is 12.0 Å². The topological polar surface area (TPSA) is 48.9 Å². The Morgan fingerprint density at radius 3 is 2.33 bits per heavy atom. The Morgan fingerprint density at radius 2 is 1.74 bits per heavy atom. The molecule has 1 fully saturated rings. The quantitative estimate of drug-likeness (QED) is 0.332. The Balaban J connectivity index is 0.00000261. The fourth-order valence-corrected chi connectivity index (χ4v) is 4.76. The number of thiophene rings is 2. The Labute approximate surface area is 187 Å². The van der Waals surface area contributed by atoms with Crippen LogP contribution in [0.1, 0.15) is 28.6 Å². The van der Waals surface area contributed by atoms with E-state index in [1.807, 2.05) is 29.7 Å². The van der Waals surface area contributed by atoms with E-state index in [-0.39, 0.29) is 24.0 Å². The van der Waals surface area contributed by atoms with Crippen LogP contribution in [-0.2, 0) is 4.74 Å². The zero-order valence-corrected chi connectivity index (χ0v) is 19.9. The maximum atomic E-state index is 5.52. The van der Waals surface area contributed by atoms with Crippen molar-refractivity contribution in [2.45, 2.75) is 18.9 Å². The lowest BCUT2D eigenvalue weighted by atomic mass is 10.1. The molecule has 2 N–H and O–H groups in total. The highest BCUT2D eigenvalue weighted by molar-refractivity contribution is 14.0. The normalized spacial score (nSPS) is 17.8. The molecule has 2 aromatic heterocycles. The Hall–Kier alpha value is -0.680. The standard InChI is InChI=1S/C19H28N4OS2.HI/c1-15(17-5-3-11-25-17)13-21-19(20-2)22-14-16(18-6-4-12-26-18)23-7-9-24-10-8-23;/h3-6,11-12,15-16H,7-10,13-14H2,1-2H3,(H2,20,21,22);1H. The predicted molar refractivity (Wildman–Crippen MR) is 127 cm³/mol. The minimum Gasteiger partial charge on any atom is -0.379 e. The predicted octanol–water partition coefficient (Wildman–Crippen LogP) is 3.77. The zero-order valence-electron chi connectivity index (χ0n) is 15.9. The van der Waals surface area contributed by atoms with Crippen molar-refractivity contribution in [3.05, 3.63) is 44.8 Å². The van der Waals surface area contributed by atoms with E-state index in [1.54, 1.807) is 0 Å². The Morgan fingerprint density at radius 1 is 1.11 bits per heavy atom. The number of hydrogen-bond acceptors (Lipinski definition) is 5. The van der Waals surface area contributed by atoms with Crippen LogP contribution in [0.5, 0.6) is 0 Å². The van der Waals surface area contributed by atoms with Crippen LogP contribution in [0.4, 0.5) is 0 Å². The molecule has 0 spiro atoms. The molecule has 0 radical (unpaired) electrons. The fraction of sp³-hybridized carbons (Fsp3) is 0.526. The molecule has 0 saturated carbocycles. The summed E-state index contributed by atoms with van der Waals surface area (Å²) in [4.78, 5) is 9.69. The first kappa shape index (κ1) is 22.6. The van der Waals surface area contributed by atoms with Gasteiger partial charge in [0.05, 0.1) is 19.3 Å². The summed E-state index contributed by atoms with van der Waals surface area (Å²) >= 11 is 3.63. The SMILES string of the molecule is CN=C(NCC(C)c1cccs1)NCC(c1cccs1)N1CCOCC1.I. The average molecular weight is 521 g/mol. The van der Waals surface area contributed by atoms with Crippen molar-refractivity contribution in [1.29, 1.82) is 0 Å². The van der Waals surface area contributed by atoms with Crippen LogP contribution < -0.4 is 10.6 Å². The number of aliphatic imine (C=N–C) groups is 1. The van der Waals surface area contributed by atoms with Crippen molar-refractivity contribution in [2.24, 2.45) is 4.99 Å². The molecule has 2 unspecified atom stereocenters. The van der Waals surface area contributed by atoms with E-state index < -0.39 is 0 Å². The lowest BCUT2D eigenvalue weighted by Gasteiger charge is -2.34. The van der Waals surface area contributed by atoms with E-state index in [0.717, 1.165) is 45.4 Å². The highest BCUT2D eigenvalue weighted by Gasteiger charge is 2.23. The second kappa shape index (κ2) is 12.0. The van der Waals surface area contributed by atoms with Crippen LogP contribution in [0.3, 0.4) is 0 Å². The van der Waals surface area contributed by atoms with Crippen LogP contribution in [0.2, 0.25) is 0 Å². The van der Waals surface area contributed by atoms with Gasteiger partial charge in [0.15, 0.2) is 5.96 Å². The maximum absolute atomic E-state index is 5.52. The van der Waals surface area contributed by atoms with Crippen LogP contribution >= 0.6 is 46.7 Å². The smallest absolute Gasteiger partial charge is 0.191 e. The van der Waals surface area contributed by atoms with E-state index in [9.17, 15) is 0 Å². The number of guanidine groups is 1. The van der Waals surface area contributed by atoms with E-state index >= 15 is 0 Å². The molecule has 5 nitrogen and oxygen atoms in total. The average Bonchev–Trinajstić information content (AvgIpc) is 3.39. The van der Waals surface area contributed by atoms with Crippen molar-refractivity contribution < 1.29 is 4.74 Å². The highest BCUT2D eigenvalue weighted by atomic mass is 127. The van der Waals surface area contributed by atoms with E-state index in [1.165, 1.54) is 9.75 Å². The van der Waals surface area contributed by atoms with Gasteiger partial charge in [0.2, 0.25) is 0 Å². The van der Waals surface area contributed by atoms with E-state index in [2.05, 4.69) is 62.5 Å². The number of halogens is 1. The number of hydrogen-bond donors (Lipinski definition) is 2. The third-order valence-electron chi connectivity index (χ3n) is 4.65. The molecule has 3 heterocycles. The summed E-state index contributed by atoms with van der Waals surface area (Å²) in [6, 6.07) is 9.01. The number of ether oxygens (including phenoxy) is 1. The first-order chi connectivity index (χ1) is 12.8. The molecular weight excluding hydrogens is 491 g/mol. The summed E-state index contributed by atoms with van der Waals surface area (Å²) in [5, 5.41) is 11.3. The summed E-state index contributed by atoms with van der Waals surface area (Å²) in [6.07, 6.45) is 0. The Kier molecular flexibility index (Phi) is 10.1. The summed E-state index contributed by atoms with van der Waals surface area (Å²) in [5.74, 6) is 1.34. The third kappa shape index (κ3) is 6.70. The van der Waals surface area contributed by atoms with Gasteiger partial charge in [0, 0.05) is 48.9 Å². The molecule has 0 amide bonds. The van der Waals surface area contributed by atoms with Gasteiger partial charge in [-0.1, -0.05) is 19.1 Å². The molecule has 0 aromatic carbocycles. The molecule has 0 bridgehead atoms. The van der Waals surface area contributed by atoms with Gasteiger partial charge < -0.3 is 15.4 Å². The first-order valence-electron chi connectivity index (χ1n) is 9.11. The van der Waals surface area contributed by atoms with Gasteiger partial charge in [0.1, 0.15) is 0 Å². The maximum Gasteiger partial charge on any atom is 0.191 e. The monoisotopic (exact) mass is 520 g/mol. The van der Waals surface area contributed by atoms with Crippen molar-refractivity contribution in [3.63, 3.8) is 0 Å². The molecule has 0 aliphatic carbocycles. The number of rotatable bonds is 7. The number of nitrogens with zero attached hydrogens (tertiary/aromatic N) is 2. The summed E-state index contributed by atoms with van der Waals surface area (Å²) in [7, 11) is 1.83.